The number of hydrogen-bond donors (Lipinski definition) is 1. The highest BCUT2D eigenvalue weighted by molar-refractivity contribution is 6.31. The molecule has 0 saturated carbocycles. The van der Waals surface area contributed by atoms with Crippen LogP contribution in [0.25, 0.3) is 0 Å². The van der Waals surface area contributed by atoms with E-state index in [1.54, 1.807) is 18.6 Å². The van der Waals surface area contributed by atoms with Crippen LogP contribution in [-0.4, -0.2) is 33.3 Å². The second-order valence-corrected chi connectivity index (χ2v) is 6.69. The molecule has 0 fully saturated rings. The van der Waals surface area contributed by atoms with Crippen molar-refractivity contribution in [3.63, 3.8) is 0 Å². The molecule has 0 amide bonds. The number of aryl methyl sites for hydroxylation is 1. The van der Waals surface area contributed by atoms with E-state index in [0.717, 1.165) is 23.5 Å². The van der Waals surface area contributed by atoms with E-state index in [1.807, 2.05) is 48.5 Å². The second-order valence-electron chi connectivity index (χ2n) is 6.69. The van der Waals surface area contributed by atoms with Gasteiger partial charge >= 0.3 is 0 Å². The molecule has 2 N–H and O–H groups in total. The molecule has 0 saturated heterocycles. The standard InChI is InChI=1S/C23H26N6/c1-2-19-9-11-20(12-10-19)27-15-23(28-24)18-29(16-21-7-3-5-13-25-21)17-22-8-4-6-14-26-22/h3-15H,2,16-18,24H2,1H3. The van der Waals surface area contributed by atoms with Crippen LogP contribution in [-0.2, 0) is 19.5 Å². The largest absolute Gasteiger partial charge is 0.323 e. The molecule has 2 heterocycles. The zero-order valence-corrected chi connectivity index (χ0v) is 16.6. The Hall–Kier alpha value is -3.38. The number of rotatable bonds is 9. The van der Waals surface area contributed by atoms with Crippen molar-refractivity contribution in [3.05, 3.63) is 90.0 Å². The van der Waals surface area contributed by atoms with Gasteiger partial charge in [-0.25, -0.2) is 0 Å². The van der Waals surface area contributed by atoms with E-state index in [4.69, 9.17) is 5.84 Å². The zero-order chi connectivity index (χ0) is 20.3. The molecule has 3 aromatic rings. The number of aromatic nitrogens is 2. The van der Waals surface area contributed by atoms with Crippen LogP contribution in [0.2, 0.25) is 0 Å². The molecule has 6 nitrogen and oxygen atoms in total. The number of nitrogens with two attached hydrogens (primary N) is 1. The minimum absolute atomic E-state index is 0.542. The lowest BCUT2D eigenvalue weighted by atomic mass is 10.1. The lowest BCUT2D eigenvalue weighted by molar-refractivity contribution is 0.288. The van der Waals surface area contributed by atoms with Crippen molar-refractivity contribution < 1.29 is 0 Å². The maximum absolute atomic E-state index is 5.66. The predicted octanol–water partition coefficient (Wildman–Crippen LogP) is 3.76. The highest BCUT2D eigenvalue weighted by Crippen LogP contribution is 2.13. The Morgan fingerprint density at radius 2 is 1.55 bits per heavy atom. The quantitative estimate of drug-likeness (QED) is 0.345. The fraction of sp³-hybridized carbons (Fsp3) is 0.217. The zero-order valence-electron chi connectivity index (χ0n) is 16.6. The van der Waals surface area contributed by atoms with Crippen LogP contribution in [0.15, 0.2) is 83.2 Å². The predicted molar refractivity (Wildman–Crippen MR) is 118 cm³/mol. The van der Waals surface area contributed by atoms with Gasteiger partial charge in [-0.3, -0.25) is 19.9 Å². The van der Waals surface area contributed by atoms with Crippen LogP contribution in [0, 0.1) is 0 Å². The van der Waals surface area contributed by atoms with E-state index >= 15 is 0 Å². The molecule has 0 radical (unpaired) electrons. The van der Waals surface area contributed by atoms with Crippen LogP contribution < -0.4 is 5.84 Å². The minimum Gasteiger partial charge on any atom is -0.323 e. The van der Waals surface area contributed by atoms with Gasteiger partial charge < -0.3 is 5.84 Å². The molecule has 2 aromatic heterocycles. The van der Waals surface area contributed by atoms with Gasteiger partial charge in [0.15, 0.2) is 0 Å². The van der Waals surface area contributed by atoms with Crippen LogP contribution in [0.5, 0.6) is 0 Å². The summed E-state index contributed by atoms with van der Waals surface area (Å²) < 4.78 is 0. The summed E-state index contributed by atoms with van der Waals surface area (Å²) in [4.78, 5) is 15.6. The fourth-order valence-electron chi connectivity index (χ4n) is 2.92. The van der Waals surface area contributed by atoms with Gasteiger partial charge in [0, 0.05) is 32.0 Å². The number of benzene rings is 1. The fourth-order valence-corrected chi connectivity index (χ4v) is 2.92. The summed E-state index contributed by atoms with van der Waals surface area (Å²) in [5.41, 5.74) is 4.81. The molecule has 3 rings (SSSR count). The Kier molecular flexibility index (Phi) is 7.60. The van der Waals surface area contributed by atoms with E-state index in [9.17, 15) is 0 Å². The molecular weight excluding hydrogens is 360 g/mol. The maximum atomic E-state index is 5.66. The monoisotopic (exact) mass is 386 g/mol. The summed E-state index contributed by atoms with van der Waals surface area (Å²) >= 11 is 0. The van der Waals surface area contributed by atoms with E-state index in [0.29, 0.717) is 25.3 Å². The van der Waals surface area contributed by atoms with E-state index in [1.165, 1.54) is 5.56 Å². The van der Waals surface area contributed by atoms with E-state index in [-0.39, 0.29) is 0 Å². The van der Waals surface area contributed by atoms with Crippen LogP contribution >= 0.6 is 0 Å². The highest BCUT2D eigenvalue weighted by atomic mass is 15.2. The first-order chi connectivity index (χ1) is 14.3. The Balaban J connectivity index is 1.72. The van der Waals surface area contributed by atoms with Gasteiger partial charge in [-0.2, -0.15) is 5.10 Å². The van der Waals surface area contributed by atoms with E-state index < -0.39 is 0 Å². The van der Waals surface area contributed by atoms with E-state index in [2.05, 4.69) is 44.0 Å². The third kappa shape index (κ3) is 6.62. The first-order valence-electron chi connectivity index (χ1n) is 9.68. The van der Waals surface area contributed by atoms with Crippen molar-refractivity contribution in [2.75, 3.05) is 6.54 Å². The summed E-state index contributed by atoms with van der Waals surface area (Å²) in [6.07, 6.45) is 6.33. The summed E-state index contributed by atoms with van der Waals surface area (Å²) in [6, 6.07) is 20.0. The van der Waals surface area contributed by atoms with Gasteiger partial charge in [0.1, 0.15) is 0 Å². The summed E-state index contributed by atoms with van der Waals surface area (Å²) in [5.74, 6) is 5.66. The highest BCUT2D eigenvalue weighted by Gasteiger charge is 2.11. The molecule has 0 bridgehead atoms. The van der Waals surface area contributed by atoms with Crippen molar-refractivity contribution >= 4 is 17.6 Å². The molecule has 6 heteroatoms. The topological polar surface area (TPSA) is 79.8 Å². The van der Waals surface area contributed by atoms with Crippen molar-refractivity contribution in [1.82, 2.24) is 14.9 Å². The SMILES string of the molecule is CCc1ccc(N=CC(CN(Cc2ccccn2)Cc2ccccn2)=NN)cc1. The summed E-state index contributed by atoms with van der Waals surface area (Å²) in [7, 11) is 0. The maximum Gasteiger partial charge on any atom is 0.0923 e. The molecule has 148 valence electrons. The van der Waals surface area contributed by atoms with Gasteiger partial charge in [-0.05, 0) is 48.4 Å². The van der Waals surface area contributed by atoms with Gasteiger partial charge in [-0.1, -0.05) is 31.2 Å². The molecular formula is C23H26N6. The third-order valence-electron chi connectivity index (χ3n) is 4.48. The number of aliphatic imine (C=N–C) groups is 1. The lowest BCUT2D eigenvalue weighted by Crippen LogP contribution is -2.31. The molecule has 1 aromatic carbocycles. The van der Waals surface area contributed by atoms with Gasteiger partial charge in [0.2, 0.25) is 0 Å². The number of nitrogens with zero attached hydrogens (tertiary/aromatic N) is 5. The minimum atomic E-state index is 0.542. The van der Waals surface area contributed by atoms with Gasteiger partial charge in [-0.15, -0.1) is 0 Å². The lowest BCUT2D eigenvalue weighted by Gasteiger charge is -2.21. The van der Waals surface area contributed by atoms with Crippen molar-refractivity contribution in [2.45, 2.75) is 26.4 Å². The van der Waals surface area contributed by atoms with Crippen molar-refractivity contribution in [3.8, 4) is 0 Å². The van der Waals surface area contributed by atoms with Crippen LogP contribution in [0.3, 0.4) is 0 Å². The molecule has 0 unspecified atom stereocenters. The number of pyridine rings is 2. The second kappa shape index (κ2) is 10.8. The van der Waals surface area contributed by atoms with Crippen LogP contribution in [0.1, 0.15) is 23.9 Å². The van der Waals surface area contributed by atoms with Gasteiger partial charge in [0.25, 0.3) is 0 Å². The van der Waals surface area contributed by atoms with Crippen molar-refractivity contribution in [2.24, 2.45) is 15.9 Å². The smallest absolute Gasteiger partial charge is 0.0923 e. The van der Waals surface area contributed by atoms with Gasteiger partial charge in [0.05, 0.1) is 29.0 Å². The molecule has 0 atom stereocenters. The molecule has 0 spiro atoms. The third-order valence-corrected chi connectivity index (χ3v) is 4.48. The first kappa shape index (κ1) is 20.4. The number of hydrogen-bond acceptors (Lipinski definition) is 6. The molecule has 0 aliphatic carbocycles. The normalized spacial score (nSPS) is 12.0. The average Bonchev–Trinajstić information content (AvgIpc) is 2.78. The molecule has 29 heavy (non-hydrogen) atoms. The number of hydrazone groups is 1. The summed E-state index contributed by atoms with van der Waals surface area (Å²) in [5, 5.41) is 3.94. The van der Waals surface area contributed by atoms with Crippen molar-refractivity contribution in [1.29, 1.82) is 0 Å². The first-order valence-corrected chi connectivity index (χ1v) is 9.68. The Morgan fingerprint density at radius 1 is 0.931 bits per heavy atom. The Labute approximate surface area is 171 Å². The summed E-state index contributed by atoms with van der Waals surface area (Å²) in [6.45, 7) is 4.00. The molecule has 0 aliphatic heterocycles. The Bertz CT molecular complexity index is 879. The Morgan fingerprint density at radius 3 is 2.03 bits per heavy atom. The molecule has 0 aliphatic rings. The van der Waals surface area contributed by atoms with Crippen LogP contribution in [0.4, 0.5) is 5.69 Å². The average molecular weight is 387 g/mol.